The molecule has 8 nitrogen and oxygen atoms in total. The number of hydrogen-bond acceptors (Lipinski definition) is 5. The molecule has 0 spiro atoms. The third-order valence-electron chi connectivity index (χ3n) is 4.68. The Labute approximate surface area is 182 Å². The number of fused-ring (bicyclic) bond motifs is 1. The molecule has 3 rings (SSSR count). The Morgan fingerprint density at radius 3 is 2.33 bits per heavy atom. The van der Waals surface area contributed by atoms with Gasteiger partial charge in [0.1, 0.15) is 12.4 Å². The predicted octanol–water partition coefficient (Wildman–Crippen LogP) is 2.27. The minimum atomic E-state index is -3.70. The van der Waals surface area contributed by atoms with Crippen LogP contribution in [0.25, 0.3) is 11.0 Å². The van der Waals surface area contributed by atoms with Crippen LogP contribution < -0.4 is 15.9 Å². The number of aryl methyl sites for hydroxylation is 1. The number of ether oxygens (including phenoxy) is 1. The maximum absolute atomic E-state index is 12.8. The third-order valence-corrected chi connectivity index (χ3v) is 6.98. The third kappa shape index (κ3) is 4.21. The normalized spacial score (nSPS) is 11.9. The molecule has 1 heterocycles. The lowest BCUT2D eigenvalue weighted by molar-refractivity contribution is 0.298. The highest BCUT2D eigenvalue weighted by molar-refractivity contribution is 9.10. The molecule has 0 saturated carbocycles. The van der Waals surface area contributed by atoms with Crippen LogP contribution in [0.4, 0.5) is 0 Å². The molecular weight excluding hydrogens is 474 g/mol. The van der Waals surface area contributed by atoms with Crippen molar-refractivity contribution in [2.24, 2.45) is 0 Å². The molecule has 0 fully saturated rings. The number of hydrogen-bond donors (Lipinski definition) is 0. The maximum atomic E-state index is 12.8. The van der Waals surface area contributed by atoms with E-state index in [1.807, 2.05) is 12.1 Å². The fraction of sp³-hybridized carbons (Fsp3) is 0.300. The van der Waals surface area contributed by atoms with Gasteiger partial charge in [-0.05, 0) is 43.3 Å². The van der Waals surface area contributed by atoms with Crippen molar-refractivity contribution in [3.63, 3.8) is 0 Å². The summed E-state index contributed by atoms with van der Waals surface area (Å²) in [4.78, 5) is 25.4. The minimum Gasteiger partial charge on any atom is -0.492 e. The van der Waals surface area contributed by atoms with E-state index in [0.29, 0.717) is 23.3 Å². The van der Waals surface area contributed by atoms with Crippen LogP contribution in [-0.4, -0.2) is 42.6 Å². The molecule has 0 aliphatic rings. The zero-order valence-electron chi connectivity index (χ0n) is 16.8. The molecule has 1 aromatic heterocycles. The fourth-order valence-electron chi connectivity index (χ4n) is 3.12. The van der Waals surface area contributed by atoms with Gasteiger partial charge in [-0.1, -0.05) is 22.0 Å². The lowest BCUT2D eigenvalue weighted by Crippen LogP contribution is -2.42. The van der Waals surface area contributed by atoms with E-state index in [0.717, 1.165) is 8.78 Å². The maximum Gasteiger partial charge on any atom is 0.317 e. The van der Waals surface area contributed by atoms with Crippen molar-refractivity contribution >= 4 is 37.0 Å². The Morgan fingerprint density at radius 1 is 1.00 bits per heavy atom. The lowest BCUT2D eigenvalue weighted by atomic mass is 10.2. The number of sulfonamides is 1. The molecule has 0 unspecified atom stereocenters. The highest BCUT2D eigenvalue weighted by Gasteiger charge is 2.20. The Kier molecular flexibility index (Phi) is 6.49. The van der Waals surface area contributed by atoms with E-state index in [1.165, 1.54) is 35.4 Å². The summed E-state index contributed by atoms with van der Waals surface area (Å²) in [6, 6.07) is 11.7. The number of aromatic nitrogens is 2. The summed E-state index contributed by atoms with van der Waals surface area (Å²) in [5.74, 6) is 0.611. The van der Waals surface area contributed by atoms with Crippen LogP contribution in [0.1, 0.15) is 6.92 Å². The van der Waals surface area contributed by atoms with Crippen molar-refractivity contribution in [1.82, 2.24) is 13.4 Å². The molecule has 0 amide bonds. The first-order valence-corrected chi connectivity index (χ1v) is 11.5. The van der Waals surface area contributed by atoms with Crippen molar-refractivity contribution in [1.29, 1.82) is 0 Å². The molecule has 0 atom stereocenters. The molecule has 3 aromatic rings. The number of rotatable bonds is 7. The first-order valence-electron chi connectivity index (χ1n) is 9.25. The first kappa shape index (κ1) is 22.3. The lowest BCUT2D eigenvalue weighted by Gasteiger charge is -2.17. The van der Waals surface area contributed by atoms with E-state index in [1.54, 1.807) is 25.1 Å². The summed E-state index contributed by atoms with van der Waals surface area (Å²) in [6.07, 6.45) is 0. The van der Waals surface area contributed by atoms with Crippen LogP contribution in [0.15, 0.2) is 61.4 Å². The highest BCUT2D eigenvalue weighted by atomic mass is 79.9. The summed E-state index contributed by atoms with van der Waals surface area (Å²) in [7, 11) is -0.830. The molecule has 0 saturated heterocycles. The van der Waals surface area contributed by atoms with E-state index in [4.69, 9.17) is 4.74 Å². The molecule has 0 aliphatic heterocycles. The van der Waals surface area contributed by atoms with Gasteiger partial charge in [-0.25, -0.2) is 12.7 Å². The SMILES string of the molecule is CCn1c(=O)c(=O)n(CCOc2cccc(Br)c2)c2cc(S(=O)(=O)N(C)C)ccc21. The number of nitrogens with zero attached hydrogens (tertiary/aromatic N) is 3. The van der Waals surface area contributed by atoms with Gasteiger partial charge < -0.3 is 9.30 Å². The molecule has 10 heteroatoms. The van der Waals surface area contributed by atoms with Crippen LogP contribution in [0.3, 0.4) is 0 Å². The second-order valence-electron chi connectivity index (χ2n) is 6.75. The molecule has 0 N–H and O–H groups in total. The molecule has 0 aliphatic carbocycles. The van der Waals surface area contributed by atoms with Gasteiger partial charge in [0, 0.05) is 25.1 Å². The van der Waals surface area contributed by atoms with Gasteiger partial charge in [0.05, 0.1) is 22.5 Å². The minimum absolute atomic E-state index is 0.0439. The van der Waals surface area contributed by atoms with E-state index in [9.17, 15) is 18.0 Å². The average molecular weight is 496 g/mol. The zero-order chi connectivity index (χ0) is 22.1. The molecule has 30 heavy (non-hydrogen) atoms. The number of halogens is 1. The summed E-state index contributed by atoms with van der Waals surface area (Å²) in [5.41, 5.74) is -0.526. The summed E-state index contributed by atoms with van der Waals surface area (Å²) in [5, 5.41) is 0. The molecule has 160 valence electrons. The Hall–Kier alpha value is -2.43. The Bertz CT molecular complexity index is 1310. The largest absolute Gasteiger partial charge is 0.492 e. The average Bonchev–Trinajstić information content (AvgIpc) is 2.70. The zero-order valence-corrected chi connectivity index (χ0v) is 19.2. The van der Waals surface area contributed by atoms with Crippen LogP contribution in [0, 0.1) is 0 Å². The standard InChI is InChI=1S/C20H22BrN3O5S/c1-4-23-17-9-8-16(30(27,28)22(2)3)13-18(17)24(20(26)19(23)25)10-11-29-15-7-5-6-14(21)12-15/h5-9,12-13H,4,10-11H2,1-3H3. The Morgan fingerprint density at radius 2 is 1.70 bits per heavy atom. The van der Waals surface area contributed by atoms with Gasteiger partial charge >= 0.3 is 11.1 Å². The van der Waals surface area contributed by atoms with Gasteiger partial charge in [0.2, 0.25) is 10.0 Å². The summed E-state index contributed by atoms with van der Waals surface area (Å²) >= 11 is 3.37. The Balaban J connectivity index is 2.10. The molecule has 0 bridgehead atoms. The van der Waals surface area contributed by atoms with E-state index >= 15 is 0 Å². The van der Waals surface area contributed by atoms with Crippen LogP contribution in [-0.2, 0) is 23.1 Å². The smallest absolute Gasteiger partial charge is 0.317 e. The van der Waals surface area contributed by atoms with Crippen molar-refractivity contribution in [3.8, 4) is 5.75 Å². The van der Waals surface area contributed by atoms with Crippen LogP contribution in [0.2, 0.25) is 0 Å². The van der Waals surface area contributed by atoms with Crippen molar-refractivity contribution in [2.75, 3.05) is 20.7 Å². The van der Waals surface area contributed by atoms with Crippen LogP contribution in [0.5, 0.6) is 5.75 Å². The molecule has 0 radical (unpaired) electrons. The quantitative estimate of drug-likeness (QED) is 0.469. The van der Waals surface area contributed by atoms with E-state index in [-0.39, 0.29) is 18.0 Å². The second kappa shape index (κ2) is 8.75. The topological polar surface area (TPSA) is 90.6 Å². The summed E-state index contributed by atoms with van der Waals surface area (Å²) < 4.78 is 35.4. The predicted molar refractivity (Wildman–Crippen MR) is 119 cm³/mol. The molecular formula is C20H22BrN3O5S. The van der Waals surface area contributed by atoms with E-state index in [2.05, 4.69) is 15.9 Å². The first-order chi connectivity index (χ1) is 14.2. The van der Waals surface area contributed by atoms with Crippen molar-refractivity contribution in [3.05, 3.63) is 67.6 Å². The van der Waals surface area contributed by atoms with Gasteiger partial charge in [-0.2, -0.15) is 0 Å². The van der Waals surface area contributed by atoms with Gasteiger partial charge in [-0.3, -0.25) is 14.2 Å². The van der Waals surface area contributed by atoms with Crippen molar-refractivity contribution in [2.45, 2.75) is 24.9 Å². The molecule has 2 aromatic carbocycles. The summed E-state index contributed by atoms with van der Waals surface area (Å²) in [6.45, 7) is 2.27. The van der Waals surface area contributed by atoms with Gasteiger partial charge in [0.25, 0.3) is 0 Å². The second-order valence-corrected chi connectivity index (χ2v) is 9.82. The fourth-order valence-corrected chi connectivity index (χ4v) is 4.42. The van der Waals surface area contributed by atoms with Crippen LogP contribution >= 0.6 is 15.9 Å². The highest BCUT2D eigenvalue weighted by Crippen LogP contribution is 2.20. The van der Waals surface area contributed by atoms with Gasteiger partial charge in [0.15, 0.2) is 0 Å². The van der Waals surface area contributed by atoms with Gasteiger partial charge in [-0.15, -0.1) is 0 Å². The van der Waals surface area contributed by atoms with E-state index < -0.39 is 21.1 Å². The van der Waals surface area contributed by atoms with Crippen molar-refractivity contribution < 1.29 is 13.2 Å². The number of benzene rings is 2. The monoisotopic (exact) mass is 495 g/mol.